The normalized spacial score (nSPS) is 20.5. The van der Waals surface area contributed by atoms with Crippen molar-refractivity contribution < 1.29 is 14.3 Å². The fourth-order valence-corrected chi connectivity index (χ4v) is 2.91. The minimum atomic E-state index is -0.595. The Bertz CT molecular complexity index is 518. The Balaban J connectivity index is 1.96. The lowest BCUT2D eigenvalue weighted by Gasteiger charge is -2.24. The van der Waals surface area contributed by atoms with Crippen LogP contribution in [0.4, 0.5) is 0 Å². The Morgan fingerprint density at radius 2 is 2.27 bits per heavy atom. The second-order valence-electron chi connectivity index (χ2n) is 5.44. The molecule has 0 saturated carbocycles. The van der Waals surface area contributed by atoms with Crippen molar-refractivity contribution >= 4 is 29.1 Å². The SMILES string of the molecule is CC[C@@H](Oc1ccc(Cl)cc1Cl)C(=O)N[C@H](C)[C@@H]1CCCO1. The van der Waals surface area contributed by atoms with Gasteiger partial charge in [-0.05, 0) is 44.4 Å². The quantitative estimate of drug-likeness (QED) is 0.852. The molecule has 1 aliphatic rings. The Hall–Kier alpha value is -0.970. The average Bonchev–Trinajstić information content (AvgIpc) is 3.00. The van der Waals surface area contributed by atoms with Crippen molar-refractivity contribution in [2.45, 2.75) is 51.4 Å². The molecule has 1 N–H and O–H groups in total. The van der Waals surface area contributed by atoms with E-state index in [9.17, 15) is 4.79 Å². The molecule has 22 heavy (non-hydrogen) atoms. The van der Waals surface area contributed by atoms with E-state index in [0.29, 0.717) is 22.2 Å². The van der Waals surface area contributed by atoms with Crippen LogP contribution in [-0.4, -0.2) is 30.8 Å². The van der Waals surface area contributed by atoms with Gasteiger partial charge in [-0.3, -0.25) is 4.79 Å². The molecule has 1 aromatic carbocycles. The van der Waals surface area contributed by atoms with E-state index in [0.717, 1.165) is 19.4 Å². The first-order chi connectivity index (χ1) is 10.5. The molecule has 0 aromatic heterocycles. The Morgan fingerprint density at radius 3 is 2.86 bits per heavy atom. The van der Waals surface area contributed by atoms with Gasteiger partial charge in [0.25, 0.3) is 5.91 Å². The van der Waals surface area contributed by atoms with Crippen LogP contribution in [0.15, 0.2) is 18.2 Å². The lowest BCUT2D eigenvalue weighted by atomic mass is 10.1. The lowest BCUT2D eigenvalue weighted by Crippen LogP contribution is -2.47. The molecule has 1 heterocycles. The second-order valence-corrected chi connectivity index (χ2v) is 6.28. The molecule has 3 atom stereocenters. The van der Waals surface area contributed by atoms with E-state index >= 15 is 0 Å². The minimum Gasteiger partial charge on any atom is -0.479 e. The molecule has 1 saturated heterocycles. The monoisotopic (exact) mass is 345 g/mol. The van der Waals surface area contributed by atoms with Crippen molar-refractivity contribution in [1.82, 2.24) is 5.32 Å². The third kappa shape index (κ3) is 4.51. The van der Waals surface area contributed by atoms with Crippen LogP contribution in [0, 0.1) is 0 Å². The molecule has 1 aliphatic heterocycles. The van der Waals surface area contributed by atoms with Crippen molar-refractivity contribution in [1.29, 1.82) is 0 Å². The fraction of sp³-hybridized carbons (Fsp3) is 0.562. The second kappa shape index (κ2) is 8.04. The summed E-state index contributed by atoms with van der Waals surface area (Å²) in [6, 6.07) is 4.92. The molecule has 0 aliphatic carbocycles. The number of hydrogen-bond acceptors (Lipinski definition) is 3. The van der Waals surface area contributed by atoms with Crippen molar-refractivity contribution in [3.63, 3.8) is 0 Å². The summed E-state index contributed by atoms with van der Waals surface area (Å²) in [5.74, 6) is 0.300. The summed E-state index contributed by atoms with van der Waals surface area (Å²) >= 11 is 11.9. The Labute approximate surface area is 141 Å². The maximum absolute atomic E-state index is 12.4. The van der Waals surface area contributed by atoms with Crippen LogP contribution >= 0.6 is 23.2 Å². The Morgan fingerprint density at radius 1 is 1.50 bits per heavy atom. The van der Waals surface area contributed by atoms with E-state index in [1.807, 2.05) is 13.8 Å². The molecular formula is C16H21Cl2NO3. The first-order valence-electron chi connectivity index (χ1n) is 7.55. The molecule has 0 bridgehead atoms. The molecular weight excluding hydrogens is 325 g/mol. The number of ether oxygens (including phenoxy) is 2. The number of carbonyl (C=O) groups excluding carboxylic acids is 1. The van der Waals surface area contributed by atoms with Gasteiger partial charge in [0, 0.05) is 11.6 Å². The topological polar surface area (TPSA) is 47.6 Å². The van der Waals surface area contributed by atoms with Gasteiger partial charge in [0.2, 0.25) is 0 Å². The van der Waals surface area contributed by atoms with E-state index in [1.54, 1.807) is 18.2 Å². The largest absolute Gasteiger partial charge is 0.479 e. The van der Waals surface area contributed by atoms with Crippen LogP contribution in [-0.2, 0) is 9.53 Å². The number of rotatable bonds is 6. The van der Waals surface area contributed by atoms with E-state index < -0.39 is 6.10 Å². The maximum Gasteiger partial charge on any atom is 0.261 e. The van der Waals surface area contributed by atoms with Crippen molar-refractivity contribution in [3.8, 4) is 5.75 Å². The van der Waals surface area contributed by atoms with Gasteiger partial charge in [-0.25, -0.2) is 0 Å². The summed E-state index contributed by atoms with van der Waals surface area (Å²) in [6.45, 7) is 4.61. The van der Waals surface area contributed by atoms with Crippen LogP contribution in [0.3, 0.4) is 0 Å². The van der Waals surface area contributed by atoms with Gasteiger partial charge in [0.1, 0.15) is 5.75 Å². The first kappa shape index (κ1) is 17.4. The molecule has 1 aromatic rings. The highest BCUT2D eigenvalue weighted by Crippen LogP contribution is 2.28. The molecule has 1 fully saturated rings. The predicted octanol–water partition coefficient (Wildman–Crippen LogP) is 3.83. The fourth-order valence-electron chi connectivity index (χ4n) is 2.45. The number of halogens is 2. The van der Waals surface area contributed by atoms with E-state index in [4.69, 9.17) is 32.7 Å². The smallest absolute Gasteiger partial charge is 0.261 e. The summed E-state index contributed by atoms with van der Waals surface area (Å²) < 4.78 is 11.3. The van der Waals surface area contributed by atoms with E-state index in [-0.39, 0.29) is 18.1 Å². The highest BCUT2D eigenvalue weighted by Gasteiger charge is 2.27. The zero-order valence-corrected chi connectivity index (χ0v) is 14.3. The zero-order chi connectivity index (χ0) is 16.1. The van der Waals surface area contributed by atoms with Crippen LogP contribution in [0.25, 0.3) is 0 Å². The van der Waals surface area contributed by atoms with Crippen LogP contribution < -0.4 is 10.1 Å². The van der Waals surface area contributed by atoms with Gasteiger partial charge in [0.15, 0.2) is 6.10 Å². The molecule has 122 valence electrons. The van der Waals surface area contributed by atoms with Crippen LogP contribution in [0.5, 0.6) is 5.75 Å². The van der Waals surface area contributed by atoms with E-state index in [1.165, 1.54) is 0 Å². The molecule has 2 rings (SSSR count). The first-order valence-corrected chi connectivity index (χ1v) is 8.30. The highest BCUT2D eigenvalue weighted by molar-refractivity contribution is 6.35. The molecule has 0 unspecified atom stereocenters. The van der Waals surface area contributed by atoms with Gasteiger partial charge in [-0.15, -0.1) is 0 Å². The zero-order valence-electron chi connectivity index (χ0n) is 12.8. The summed E-state index contributed by atoms with van der Waals surface area (Å²) in [5.41, 5.74) is 0. The average molecular weight is 346 g/mol. The van der Waals surface area contributed by atoms with Crippen molar-refractivity contribution in [2.75, 3.05) is 6.61 Å². The molecule has 1 amide bonds. The molecule has 0 spiro atoms. The minimum absolute atomic E-state index is 0.0339. The van der Waals surface area contributed by atoms with Crippen LogP contribution in [0.1, 0.15) is 33.1 Å². The number of carbonyl (C=O) groups is 1. The summed E-state index contributed by atoms with van der Waals surface area (Å²) in [5, 5.41) is 3.89. The van der Waals surface area contributed by atoms with E-state index in [2.05, 4.69) is 5.32 Å². The van der Waals surface area contributed by atoms with Gasteiger partial charge < -0.3 is 14.8 Å². The van der Waals surface area contributed by atoms with Gasteiger partial charge >= 0.3 is 0 Å². The van der Waals surface area contributed by atoms with Crippen LogP contribution in [0.2, 0.25) is 10.0 Å². The predicted molar refractivity (Wildman–Crippen MR) is 87.7 cm³/mol. The van der Waals surface area contributed by atoms with Gasteiger partial charge in [-0.1, -0.05) is 30.1 Å². The number of nitrogens with one attached hydrogen (secondary N) is 1. The molecule has 0 radical (unpaired) electrons. The summed E-state index contributed by atoms with van der Waals surface area (Å²) in [6.07, 6.45) is 2.05. The lowest BCUT2D eigenvalue weighted by molar-refractivity contribution is -0.129. The standard InChI is InChI=1S/C16H21Cl2NO3/c1-3-13(22-15-7-6-11(17)9-12(15)18)16(20)19-10(2)14-5-4-8-21-14/h6-7,9-10,13-14H,3-5,8H2,1-2H3,(H,19,20)/t10-,13-,14+/m1/s1. The molecule has 6 heteroatoms. The third-order valence-corrected chi connectivity index (χ3v) is 4.25. The highest BCUT2D eigenvalue weighted by atomic mass is 35.5. The van der Waals surface area contributed by atoms with Gasteiger partial charge in [0.05, 0.1) is 17.2 Å². The number of benzene rings is 1. The number of hydrogen-bond donors (Lipinski definition) is 1. The summed E-state index contributed by atoms with van der Waals surface area (Å²) in [7, 11) is 0. The Kier molecular flexibility index (Phi) is 6.36. The van der Waals surface area contributed by atoms with Crippen molar-refractivity contribution in [3.05, 3.63) is 28.2 Å². The third-order valence-electron chi connectivity index (χ3n) is 3.72. The van der Waals surface area contributed by atoms with Crippen molar-refractivity contribution in [2.24, 2.45) is 0 Å². The van der Waals surface area contributed by atoms with Gasteiger partial charge in [-0.2, -0.15) is 0 Å². The maximum atomic E-state index is 12.4. The number of amides is 1. The summed E-state index contributed by atoms with van der Waals surface area (Å²) in [4.78, 5) is 12.4. The molecule has 4 nitrogen and oxygen atoms in total.